The maximum atomic E-state index is 5.62. The van der Waals surface area contributed by atoms with Crippen molar-refractivity contribution in [1.82, 2.24) is 9.97 Å². The number of hydrogen-bond donors (Lipinski definition) is 1. The summed E-state index contributed by atoms with van der Waals surface area (Å²) in [7, 11) is 0. The molecule has 1 heterocycles. The van der Waals surface area contributed by atoms with Crippen molar-refractivity contribution in [3.05, 3.63) is 23.8 Å². The second-order valence-corrected chi connectivity index (χ2v) is 4.92. The molecule has 1 fully saturated rings. The zero-order valence-corrected chi connectivity index (χ0v) is 10.0. The average Bonchev–Trinajstić information content (AvgIpc) is 2.83. The summed E-state index contributed by atoms with van der Waals surface area (Å²) in [6.07, 6.45) is 8.09. The summed E-state index contributed by atoms with van der Waals surface area (Å²) in [5, 5.41) is 0. The van der Waals surface area contributed by atoms with E-state index < -0.39 is 0 Å². The molecule has 1 aromatic heterocycles. The van der Waals surface area contributed by atoms with E-state index in [4.69, 9.17) is 5.73 Å². The predicted octanol–water partition coefficient (Wildman–Crippen LogP) is 2.27. The van der Waals surface area contributed by atoms with Gasteiger partial charge >= 0.3 is 0 Å². The van der Waals surface area contributed by atoms with E-state index >= 15 is 0 Å². The van der Waals surface area contributed by atoms with Crippen molar-refractivity contribution in [1.29, 1.82) is 0 Å². The molecule has 0 aliphatic heterocycles. The first-order valence-corrected chi connectivity index (χ1v) is 6.31. The standard InChI is InChI=1S/C13H21N3/c1-10(9-14)8-13-15-7-6-12(16-13)11-4-2-3-5-11/h6-7,10-11H,2-5,8-9,14H2,1H3. The lowest BCUT2D eigenvalue weighted by Gasteiger charge is -2.11. The van der Waals surface area contributed by atoms with Crippen molar-refractivity contribution in [2.24, 2.45) is 11.7 Å². The van der Waals surface area contributed by atoms with Gasteiger partial charge in [0.05, 0.1) is 0 Å². The van der Waals surface area contributed by atoms with Crippen LogP contribution >= 0.6 is 0 Å². The van der Waals surface area contributed by atoms with Crippen molar-refractivity contribution in [3.63, 3.8) is 0 Å². The van der Waals surface area contributed by atoms with Crippen LogP contribution in [-0.4, -0.2) is 16.5 Å². The smallest absolute Gasteiger partial charge is 0.128 e. The minimum atomic E-state index is 0.471. The molecule has 0 spiro atoms. The Labute approximate surface area is 97.5 Å². The Morgan fingerprint density at radius 1 is 1.44 bits per heavy atom. The lowest BCUT2D eigenvalue weighted by atomic mass is 10.0. The minimum Gasteiger partial charge on any atom is -0.330 e. The highest BCUT2D eigenvalue weighted by atomic mass is 14.9. The quantitative estimate of drug-likeness (QED) is 0.845. The fourth-order valence-corrected chi connectivity index (χ4v) is 2.36. The van der Waals surface area contributed by atoms with Crippen LogP contribution in [0.5, 0.6) is 0 Å². The van der Waals surface area contributed by atoms with Crippen molar-refractivity contribution in [2.45, 2.75) is 44.9 Å². The summed E-state index contributed by atoms with van der Waals surface area (Å²) in [6.45, 7) is 2.85. The lowest BCUT2D eigenvalue weighted by Crippen LogP contribution is -2.15. The molecular formula is C13H21N3. The van der Waals surface area contributed by atoms with Crippen LogP contribution in [-0.2, 0) is 6.42 Å². The van der Waals surface area contributed by atoms with Gasteiger partial charge in [0.25, 0.3) is 0 Å². The molecule has 88 valence electrons. The summed E-state index contributed by atoms with van der Waals surface area (Å²) in [5.74, 6) is 2.11. The molecule has 1 aromatic rings. The van der Waals surface area contributed by atoms with Crippen LogP contribution in [0, 0.1) is 5.92 Å². The SMILES string of the molecule is CC(CN)Cc1nccc(C2CCCC2)n1. The van der Waals surface area contributed by atoms with Gasteiger partial charge < -0.3 is 5.73 Å². The molecular weight excluding hydrogens is 198 g/mol. The number of nitrogens with two attached hydrogens (primary N) is 1. The molecule has 0 amide bonds. The van der Waals surface area contributed by atoms with Crippen LogP contribution in [0.2, 0.25) is 0 Å². The third-order valence-electron chi connectivity index (χ3n) is 3.43. The number of nitrogens with zero attached hydrogens (tertiary/aromatic N) is 2. The van der Waals surface area contributed by atoms with E-state index in [1.165, 1.54) is 31.4 Å². The first-order chi connectivity index (χ1) is 7.79. The molecule has 0 aromatic carbocycles. The Morgan fingerprint density at radius 2 is 2.19 bits per heavy atom. The molecule has 0 radical (unpaired) electrons. The zero-order chi connectivity index (χ0) is 11.4. The maximum Gasteiger partial charge on any atom is 0.128 e. The molecule has 1 aliphatic rings. The van der Waals surface area contributed by atoms with E-state index in [-0.39, 0.29) is 0 Å². The summed E-state index contributed by atoms with van der Waals surface area (Å²) in [4.78, 5) is 9.01. The highest BCUT2D eigenvalue weighted by Crippen LogP contribution is 2.32. The average molecular weight is 219 g/mol. The Bertz CT molecular complexity index is 332. The van der Waals surface area contributed by atoms with Crippen LogP contribution in [0.25, 0.3) is 0 Å². The van der Waals surface area contributed by atoms with Gasteiger partial charge in [0, 0.05) is 24.2 Å². The van der Waals surface area contributed by atoms with Gasteiger partial charge in [-0.15, -0.1) is 0 Å². The van der Waals surface area contributed by atoms with E-state index in [2.05, 4.69) is 23.0 Å². The van der Waals surface area contributed by atoms with E-state index in [0.29, 0.717) is 18.4 Å². The van der Waals surface area contributed by atoms with Crippen LogP contribution in [0.1, 0.15) is 50.0 Å². The molecule has 2 N–H and O–H groups in total. The van der Waals surface area contributed by atoms with Gasteiger partial charge in [-0.1, -0.05) is 19.8 Å². The molecule has 3 heteroatoms. The van der Waals surface area contributed by atoms with E-state index in [1.54, 1.807) is 0 Å². The molecule has 16 heavy (non-hydrogen) atoms. The molecule has 0 bridgehead atoms. The van der Waals surface area contributed by atoms with Crippen LogP contribution in [0.4, 0.5) is 0 Å². The second kappa shape index (κ2) is 5.39. The van der Waals surface area contributed by atoms with Gasteiger partial charge in [0.15, 0.2) is 0 Å². The number of rotatable bonds is 4. The molecule has 1 aliphatic carbocycles. The molecule has 1 atom stereocenters. The van der Waals surface area contributed by atoms with Crippen molar-refractivity contribution >= 4 is 0 Å². The van der Waals surface area contributed by atoms with Crippen LogP contribution in [0.15, 0.2) is 12.3 Å². The third kappa shape index (κ3) is 2.79. The second-order valence-electron chi connectivity index (χ2n) is 4.92. The molecule has 3 nitrogen and oxygen atoms in total. The van der Waals surface area contributed by atoms with Gasteiger partial charge in [0.1, 0.15) is 5.82 Å². The third-order valence-corrected chi connectivity index (χ3v) is 3.43. The minimum absolute atomic E-state index is 0.471. The van der Waals surface area contributed by atoms with E-state index in [9.17, 15) is 0 Å². The topological polar surface area (TPSA) is 51.8 Å². The first-order valence-electron chi connectivity index (χ1n) is 6.31. The summed E-state index contributed by atoms with van der Waals surface area (Å²) in [6, 6.07) is 2.08. The summed E-state index contributed by atoms with van der Waals surface area (Å²) < 4.78 is 0. The fraction of sp³-hybridized carbons (Fsp3) is 0.692. The Balaban J connectivity index is 2.06. The van der Waals surface area contributed by atoms with Gasteiger partial charge in [-0.2, -0.15) is 0 Å². The molecule has 1 saturated carbocycles. The van der Waals surface area contributed by atoms with Gasteiger partial charge in [-0.3, -0.25) is 0 Å². The highest BCUT2D eigenvalue weighted by molar-refractivity contribution is 5.10. The zero-order valence-electron chi connectivity index (χ0n) is 10.0. The normalized spacial score (nSPS) is 18.9. The van der Waals surface area contributed by atoms with Gasteiger partial charge in [-0.05, 0) is 31.4 Å². The lowest BCUT2D eigenvalue weighted by molar-refractivity contribution is 0.567. The Hall–Kier alpha value is -0.960. The van der Waals surface area contributed by atoms with E-state index in [0.717, 1.165) is 12.2 Å². The number of hydrogen-bond acceptors (Lipinski definition) is 3. The monoisotopic (exact) mass is 219 g/mol. The van der Waals surface area contributed by atoms with Crippen molar-refractivity contribution in [3.8, 4) is 0 Å². The highest BCUT2D eigenvalue weighted by Gasteiger charge is 2.18. The Kier molecular flexibility index (Phi) is 3.88. The first kappa shape index (κ1) is 11.5. The van der Waals surface area contributed by atoms with Gasteiger partial charge in [0.2, 0.25) is 0 Å². The van der Waals surface area contributed by atoms with Gasteiger partial charge in [-0.25, -0.2) is 9.97 Å². The molecule has 1 unspecified atom stereocenters. The Morgan fingerprint density at radius 3 is 2.88 bits per heavy atom. The maximum absolute atomic E-state index is 5.62. The number of aromatic nitrogens is 2. The van der Waals surface area contributed by atoms with Crippen LogP contribution in [0.3, 0.4) is 0 Å². The van der Waals surface area contributed by atoms with Crippen LogP contribution < -0.4 is 5.73 Å². The molecule has 0 saturated heterocycles. The fourth-order valence-electron chi connectivity index (χ4n) is 2.36. The van der Waals surface area contributed by atoms with E-state index in [1.807, 2.05) is 6.20 Å². The molecule has 2 rings (SSSR count). The van der Waals surface area contributed by atoms with Crippen molar-refractivity contribution in [2.75, 3.05) is 6.54 Å². The largest absolute Gasteiger partial charge is 0.330 e. The summed E-state index contributed by atoms with van der Waals surface area (Å²) >= 11 is 0. The predicted molar refractivity (Wildman–Crippen MR) is 65.2 cm³/mol. The summed E-state index contributed by atoms with van der Waals surface area (Å²) in [5.41, 5.74) is 6.87. The van der Waals surface area contributed by atoms with Crippen molar-refractivity contribution < 1.29 is 0 Å².